The maximum Gasteiger partial charge on any atom is 0.412 e. The number of carbonyl (C=O) groups is 3. The monoisotopic (exact) mass is 335 g/mol. The number of alkyl carbamates (subject to hydrolysis) is 1. The maximum atomic E-state index is 11.8. The molecule has 0 aromatic heterocycles. The lowest BCUT2D eigenvalue weighted by atomic mass is 10.2. The molecule has 24 heavy (non-hydrogen) atoms. The van der Waals surface area contributed by atoms with Crippen molar-refractivity contribution in [3.8, 4) is 0 Å². The van der Waals surface area contributed by atoms with E-state index in [1.54, 1.807) is 26.0 Å². The van der Waals surface area contributed by atoms with E-state index in [9.17, 15) is 14.4 Å². The predicted molar refractivity (Wildman–Crippen MR) is 85.7 cm³/mol. The maximum absolute atomic E-state index is 11.8. The highest BCUT2D eigenvalue weighted by atomic mass is 16.6. The second-order valence-electron chi connectivity index (χ2n) is 4.53. The molecule has 130 valence electrons. The molecule has 0 saturated heterocycles. The van der Waals surface area contributed by atoms with Crippen LogP contribution in [0.2, 0.25) is 0 Å². The van der Waals surface area contributed by atoms with E-state index in [1.807, 2.05) is 18.2 Å². The van der Waals surface area contributed by atoms with Gasteiger partial charge in [0, 0.05) is 0 Å². The number of ether oxygens (including phenoxy) is 3. The number of carbonyl (C=O) groups excluding carboxylic acids is 3. The van der Waals surface area contributed by atoms with Gasteiger partial charge >= 0.3 is 18.0 Å². The SMILES string of the molecule is CCOC(=O)C/C=C(/NC(=O)OCc1ccccc1)C(=O)OCC. The van der Waals surface area contributed by atoms with Crippen molar-refractivity contribution in [1.29, 1.82) is 0 Å². The van der Waals surface area contributed by atoms with E-state index in [0.29, 0.717) is 0 Å². The Kier molecular flexibility index (Phi) is 8.67. The standard InChI is InChI=1S/C17H21NO6/c1-3-22-15(19)11-10-14(16(20)23-4-2)18-17(21)24-12-13-8-6-5-7-9-13/h5-10H,3-4,11-12H2,1-2H3,(H,18,21)/b14-10+. The van der Waals surface area contributed by atoms with Gasteiger partial charge < -0.3 is 14.2 Å². The zero-order valence-corrected chi connectivity index (χ0v) is 13.7. The van der Waals surface area contributed by atoms with Crippen LogP contribution in [0.25, 0.3) is 0 Å². The highest BCUT2D eigenvalue weighted by Crippen LogP contribution is 2.03. The van der Waals surface area contributed by atoms with Crippen LogP contribution in [0.5, 0.6) is 0 Å². The predicted octanol–water partition coefficient (Wildman–Crippen LogP) is 2.31. The second-order valence-corrected chi connectivity index (χ2v) is 4.53. The molecule has 7 heteroatoms. The summed E-state index contributed by atoms with van der Waals surface area (Å²) in [7, 11) is 0. The molecule has 0 aliphatic heterocycles. The minimum absolute atomic E-state index is 0.0562. The number of rotatable bonds is 8. The molecule has 0 heterocycles. The summed E-state index contributed by atoms with van der Waals surface area (Å²) < 4.78 is 14.6. The van der Waals surface area contributed by atoms with Gasteiger partial charge in [0.05, 0.1) is 19.6 Å². The fraction of sp³-hybridized carbons (Fsp3) is 0.353. The quantitative estimate of drug-likeness (QED) is 0.445. The number of amides is 1. The Morgan fingerprint density at radius 2 is 1.67 bits per heavy atom. The van der Waals surface area contributed by atoms with E-state index in [1.165, 1.54) is 6.08 Å². The topological polar surface area (TPSA) is 90.9 Å². The van der Waals surface area contributed by atoms with Gasteiger partial charge in [0.1, 0.15) is 12.3 Å². The minimum Gasteiger partial charge on any atom is -0.466 e. The lowest BCUT2D eigenvalue weighted by molar-refractivity contribution is -0.142. The minimum atomic E-state index is -0.818. The summed E-state index contributed by atoms with van der Waals surface area (Å²) in [4.78, 5) is 35.0. The van der Waals surface area contributed by atoms with E-state index >= 15 is 0 Å². The highest BCUT2D eigenvalue weighted by molar-refractivity contribution is 5.92. The molecule has 1 amide bonds. The van der Waals surface area contributed by atoms with Crippen LogP contribution in [0, 0.1) is 0 Å². The second kappa shape index (κ2) is 10.8. The molecule has 0 saturated carbocycles. The van der Waals surface area contributed by atoms with Crippen molar-refractivity contribution in [2.24, 2.45) is 0 Å². The Labute approximate surface area is 140 Å². The van der Waals surface area contributed by atoms with E-state index < -0.39 is 18.0 Å². The molecular formula is C17H21NO6. The van der Waals surface area contributed by atoms with E-state index in [0.717, 1.165) is 5.56 Å². The number of benzene rings is 1. The fourth-order valence-corrected chi connectivity index (χ4v) is 1.67. The summed E-state index contributed by atoms with van der Waals surface area (Å²) in [5.41, 5.74) is 0.642. The lowest BCUT2D eigenvalue weighted by Crippen LogP contribution is -2.29. The third-order valence-corrected chi connectivity index (χ3v) is 2.72. The Hall–Kier alpha value is -2.83. The zero-order chi connectivity index (χ0) is 17.8. The lowest BCUT2D eigenvalue weighted by Gasteiger charge is -2.10. The zero-order valence-electron chi connectivity index (χ0n) is 13.7. The summed E-state index contributed by atoms with van der Waals surface area (Å²) in [5, 5.41) is 2.29. The highest BCUT2D eigenvalue weighted by Gasteiger charge is 2.15. The number of hydrogen-bond acceptors (Lipinski definition) is 6. The Morgan fingerprint density at radius 3 is 2.29 bits per heavy atom. The van der Waals surface area contributed by atoms with Gasteiger partial charge in [-0.1, -0.05) is 30.3 Å². The van der Waals surface area contributed by atoms with Crippen molar-refractivity contribution < 1.29 is 28.6 Å². The molecule has 0 spiro atoms. The van der Waals surface area contributed by atoms with Gasteiger partial charge in [-0.3, -0.25) is 10.1 Å². The molecule has 7 nitrogen and oxygen atoms in total. The van der Waals surface area contributed by atoms with Gasteiger partial charge in [0.2, 0.25) is 0 Å². The average molecular weight is 335 g/mol. The summed E-state index contributed by atoms with van der Waals surface area (Å²) >= 11 is 0. The van der Waals surface area contributed by atoms with Gasteiger partial charge in [0.25, 0.3) is 0 Å². The van der Waals surface area contributed by atoms with Gasteiger partial charge in [-0.2, -0.15) is 0 Å². The van der Waals surface area contributed by atoms with Crippen molar-refractivity contribution in [2.45, 2.75) is 26.9 Å². The number of nitrogens with one attached hydrogen (secondary N) is 1. The Morgan fingerprint density at radius 1 is 1.00 bits per heavy atom. The van der Waals surface area contributed by atoms with Crippen LogP contribution in [0.1, 0.15) is 25.8 Å². The number of esters is 2. The molecule has 1 N–H and O–H groups in total. The molecule has 1 aromatic carbocycles. The third kappa shape index (κ3) is 7.44. The first-order valence-corrected chi connectivity index (χ1v) is 7.57. The Balaban J connectivity index is 2.62. The summed E-state index contributed by atoms with van der Waals surface area (Å²) in [5.74, 6) is -1.27. The van der Waals surface area contributed by atoms with Crippen molar-refractivity contribution in [2.75, 3.05) is 13.2 Å². The van der Waals surface area contributed by atoms with Gasteiger partial charge in [-0.15, -0.1) is 0 Å². The smallest absolute Gasteiger partial charge is 0.412 e. The molecule has 1 aromatic rings. The average Bonchev–Trinajstić information content (AvgIpc) is 2.58. The van der Waals surface area contributed by atoms with Gasteiger partial charge in [-0.05, 0) is 25.5 Å². The van der Waals surface area contributed by atoms with Gasteiger partial charge in [0.15, 0.2) is 0 Å². The first-order chi connectivity index (χ1) is 11.6. The van der Waals surface area contributed by atoms with Gasteiger partial charge in [-0.25, -0.2) is 9.59 Å². The normalized spacial score (nSPS) is 10.7. The van der Waals surface area contributed by atoms with Crippen LogP contribution in [-0.4, -0.2) is 31.2 Å². The van der Waals surface area contributed by atoms with E-state index in [4.69, 9.17) is 14.2 Å². The first kappa shape index (κ1) is 19.2. The largest absolute Gasteiger partial charge is 0.466 e. The third-order valence-electron chi connectivity index (χ3n) is 2.72. The van der Waals surface area contributed by atoms with Crippen molar-refractivity contribution in [3.05, 3.63) is 47.7 Å². The summed E-state index contributed by atoms with van der Waals surface area (Å²) in [6.07, 6.45) is 0.253. The Bertz CT molecular complexity index is 582. The molecule has 0 aliphatic rings. The number of hydrogen-bond donors (Lipinski definition) is 1. The van der Waals surface area contributed by atoms with Crippen LogP contribution in [0.4, 0.5) is 4.79 Å². The van der Waals surface area contributed by atoms with Crippen LogP contribution < -0.4 is 5.32 Å². The van der Waals surface area contributed by atoms with Crippen molar-refractivity contribution in [1.82, 2.24) is 5.32 Å². The van der Waals surface area contributed by atoms with Crippen LogP contribution in [0.15, 0.2) is 42.1 Å². The molecular weight excluding hydrogens is 314 g/mol. The summed E-state index contributed by atoms with van der Waals surface area (Å²) in [6, 6.07) is 9.09. The molecule has 0 unspecified atom stereocenters. The van der Waals surface area contributed by atoms with Crippen molar-refractivity contribution >= 4 is 18.0 Å². The van der Waals surface area contributed by atoms with Crippen molar-refractivity contribution in [3.63, 3.8) is 0 Å². The van der Waals surface area contributed by atoms with Crippen LogP contribution >= 0.6 is 0 Å². The fourth-order valence-electron chi connectivity index (χ4n) is 1.67. The van der Waals surface area contributed by atoms with Crippen LogP contribution in [0.3, 0.4) is 0 Å². The first-order valence-electron chi connectivity index (χ1n) is 7.57. The van der Waals surface area contributed by atoms with E-state index in [2.05, 4.69) is 5.32 Å². The molecule has 1 rings (SSSR count). The molecule has 0 fully saturated rings. The molecule has 0 aliphatic carbocycles. The van der Waals surface area contributed by atoms with Crippen LogP contribution in [-0.2, 0) is 30.4 Å². The van der Waals surface area contributed by atoms with E-state index in [-0.39, 0.29) is 31.9 Å². The molecule has 0 bridgehead atoms. The molecule has 0 atom stereocenters. The molecule has 0 radical (unpaired) electrons. The summed E-state index contributed by atoms with van der Waals surface area (Å²) in [6.45, 7) is 3.73.